The Labute approximate surface area is 139 Å². The van der Waals surface area contributed by atoms with Gasteiger partial charge in [0.2, 0.25) is 0 Å². The summed E-state index contributed by atoms with van der Waals surface area (Å²) in [5.74, 6) is 0.149. The van der Waals surface area contributed by atoms with Gasteiger partial charge in [-0.15, -0.1) is 0 Å². The second kappa shape index (κ2) is 7.24. The van der Waals surface area contributed by atoms with Gasteiger partial charge in [-0.1, -0.05) is 29.8 Å². The molecule has 0 fully saturated rings. The summed E-state index contributed by atoms with van der Waals surface area (Å²) in [7, 11) is 1.51. The molecule has 0 saturated heterocycles. The van der Waals surface area contributed by atoms with Crippen LogP contribution in [0.3, 0.4) is 0 Å². The number of amides is 1. The number of methoxy groups -OCH3 is 1. The van der Waals surface area contributed by atoms with Gasteiger partial charge in [0.25, 0.3) is 5.91 Å². The van der Waals surface area contributed by atoms with Crippen LogP contribution in [0.4, 0.5) is 5.69 Å². The molecule has 2 rings (SSSR count). The minimum absolute atomic E-state index is 0.196. The first-order valence-corrected chi connectivity index (χ1v) is 7.32. The Hall–Kier alpha value is -2.11. The van der Waals surface area contributed by atoms with Crippen LogP contribution in [0, 0.1) is 6.92 Å². The predicted octanol–water partition coefficient (Wildman–Crippen LogP) is 3.78. The minimum atomic E-state index is -0.338. The summed E-state index contributed by atoms with van der Waals surface area (Å²) in [4.78, 5) is 12.2. The Morgan fingerprint density at radius 3 is 2.64 bits per heavy atom. The van der Waals surface area contributed by atoms with E-state index >= 15 is 0 Å². The van der Waals surface area contributed by atoms with Gasteiger partial charge in [-0.2, -0.15) is 0 Å². The molecule has 4 nitrogen and oxygen atoms in total. The summed E-state index contributed by atoms with van der Waals surface area (Å²) in [6, 6.07) is 12.4. The molecule has 0 saturated carbocycles. The summed E-state index contributed by atoms with van der Waals surface area (Å²) in [6.07, 6.45) is 0. The van der Waals surface area contributed by atoms with Crippen molar-refractivity contribution in [1.82, 2.24) is 5.32 Å². The number of rotatable bonds is 3. The Kier molecular flexibility index (Phi) is 5.35. The molecule has 0 spiro atoms. The molecule has 0 aliphatic carbocycles. The molecule has 1 amide bonds. The van der Waals surface area contributed by atoms with Gasteiger partial charge < -0.3 is 10.1 Å². The number of hydrogen-bond donors (Lipinski definition) is 2. The highest BCUT2D eigenvalue weighted by atomic mass is 35.5. The molecule has 0 aliphatic rings. The predicted molar refractivity (Wildman–Crippen MR) is 92.9 cm³/mol. The van der Waals surface area contributed by atoms with Crippen molar-refractivity contribution in [3.05, 3.63) is 58.6 Å². The quantitative estimate of drug-likeness (QED) is 0.839. The fourth-order valence-electron chi connectivity index (χ4n) is 1.90. The average Bonchev–Trinajstić information content (AvgIpc) is 2.51. The molecule has 114 valence electrons. The molecule has 6 heteroatoms. The van der Waals surface area contributed by atoms with E-state index in [1.807, 2.05) is 19.1 Å². The van der Waals surface area contributed by atoms with Gasteiger partial charge in [0.15, 0.2) is 5.11 Å². The van der Waals surface area contributed by atoms with Gasteiger partial charge in [-0.05, 0) is 49.0 Å². The van der Waals surface area contributed by atoms with Crippen LogP contribution >= 0.6 is 23.8 Å². The van der Waals surface area contributed by atoms with Crippen LogP contribution in [0.1, 0.15) is 15.9 Å². The maximum Gasteiger partial charge on any atom is 0.261 e. The van der Waals surface area contributed by atoms with Gasteiger partial charge in [0.1, 0.15) is 5.75 Å². The zero-order chi connectivity index (χ0) is 16.1. The zero-order valence-corrected chi connectivity index (χ0v) is 13.7. The normalized spacial score (nSPS) is 9.95. The van der Waals surface area contributed by atoms with Crippen molar-refractivity contribution in [3.63, 3.8) is 0 Å². The third-order valence-corrected chi connectivity index (χ3v) is 3.71. The van der Waals surface area contributed by atoms with Crippen molar-refractivity contribution in [2.75, 3.05) is 12.4 Å². The maximum absolute atomic E-state index is 12.2. The van der Waals surface area contributed by atoms with Crippen LogP contribution in [-0.4, -0.2) is 18.1 Å². The first-order valence-electron chi connectivity index (χ1n) is 6.53. The summed E-state index contributed by atoms with van der Waals surface area (Å²) in [5, 5.41) is 6.41. The molecular weight excluding hydrogens is 320 g/mol. The van der Waals surface area contributed by atoms with Gasteiger partial charge in [-0.3, -0.25) is 10.1 Å². The SMILES string of the molecule is COc1ccccc1C(=O)NC(=S)Nc1cccc(Cl)c1C. The Balaban J connectivity index is 2.09. The highest BCUT2D eigenvalue weighted by molar-refractivity contribution is 7.80. The van der Waals surface area contributed by atoms with E-state index in [1.54, 1.807) is 30.3 Å². The number of carbonyl (C=O) groups excluding carboxylic acids is 1. The molecule has 0 heterocycles. The van der Waals surface area contributed by atoms with Crippen LogP contribution in [0.2, 0.25) is 5.02 Å². The van der Waals surface area contributed by atoms with E-state index in [1.165, 1.54) is 7.11 Å². The van der Waals surface area contributed by atoms with Gasteiger partial charge in [0, 0.05) is 10.7 Å². The lowest BCUT2D eigenvalue weighted by atomic mass is 10.2. The van der Waals surface area contributed by atoms with Crippen LogP contribution in [0.5, 0.6) is 5.75 Å². The highest BCUT2D eigenvalue weighted by Crippen LogP contribution is 2.23. The summed E-state index contributed by atoms with van der Waals surface area (Å²) >= 11 is 11.2. The van der Waals surface area contributed by atoms with Gasteiger partial charge in [0.05, 0.1) is 12.7 Å². The van der Waals surface area contributed by atoms with Crippen LogP contribution in [0.25, 0.3) is 0 Å². The Morgan fingerprint density at radius 2 is 1.91 bits per heavy atom. The van der Waals surface area contributed by atoms with Crippen LogP contribution < -0.4 is 15.4 Å². The lowest BCUT2D eigenvalue weighted by Crippen LogP contribution is -2.34. The van der Waals surface area contributed by atoms with E-state index in [9.17, 15) is 4.79 Å². The number of halogens is 1. The number of ether oxygens (including phenoxy) is 1. The van der Waals surface area contributed by atoms with Gasteiger partial charge in [-0.25, -0.2) is 0 Å². The standard InChI is InChI=1S/C16H15ClN2O2S/c1-10-12(17)7-5-8-13(10)18-16(22)19-15(20)11-6-3-4-9-14(11)21-2/h3-9H,1-2H3,(H2,18,19,20,22). The summed E-state index contributed by atoms with van der Waals surface area (Å²) in [5.41, 5.74) is 2.02. The first kappa shape index (κ1) is 16.3. The van der Waals surface area contributed by atoms with E-state index in [4.69, 9.17) is 28.6 Å². The third-order valence-electron chi connectivity index (χ3n) is 3.09. The average molecular weight is 335 g/mol. The Bertz CT molecular complexity index is 719. The van der Waals surface area contributed by atoms with Crippen molar-refractivity contribution in [2.24, 2.45) is 0 Å². The maximum atomic E-state index is 12.2. The smallest absolute Gasteiger partial charge is 0.261 e. The molecule has 22 heavy (non-hydrogen) atoms. The van der Waals surface area contributed by atoms with Crippen LogP contribution in [-0.2, 0) is 0 Å². The van der Waals surface area contributed by atoms with Crippen molar-refractivity contribution in [1.29, 1.82) is 0 Å². The van der Waals surface area contributed by atoms with Crippen molar-refractivity contribution in [2.45, 2.75) is 6.92 Å². The number of hydrogen-bond acceptors (Lipinski definition) is 3. The number of anilines is 1. The topological polar surface area (TPSA) is 50.4 Å². The van der Waals surface area contributed by atoms with Crippen molar-refractivity contribution >= 4 is 40.5 Å². The fourth-order valence-corrected chi connectivity index (χ4v) is 2.28. The van der Waals surface area contributed by atoms with Gasteiger partial charge >= 0.3 is 0 Å². The van der Waals surface area contributed by atoms with Crippen LogP contribution in [0.15, 0.2) is 42.5 Å². The number of thiocarbonyl (C=S) groups is 1. The largest absolute Gasteiger partial charge is 0.496 e. The van der Waals surface area contributed by atoms with Crippen molar-refractivity contribution in [3.8, 4) is 5.75 Å². The second-order valence-corrected chi connectivity index (χ2v) is 5.34. The molecule has 0 bridgehead atoms. The molecule has 0 atom stereocenters. The first-order chi connectivity index (χ1) is 10.5. The van der Waals surface area contributed by atoms with Crippen molar-refractivity contribution < 1.29 is 9.53 Å². The molecule has 0 radical (unpaired) electrons. The number of para-hydroxylation sites is 1. The zero-order valence-electron chi connectivity index (χ0n) is 12.1. The summed E-state index contributed by atoms with van der Waals surface area (Å²) in [6.45, 7) is 1.87. The minimum Gasteiger partial charge on any atom is -0.496 e. The fraction of sp³-hybridized carbons (Fsp3) is 0.125. The number of carbonyl (C=O) groups is 1. The molecule has 2 aromatic rings. The molecule has 2 aromatic carbocycles. The lowest BCUT2D eigenvalue weighted by Gasteiger charge is -2.13. The molecular formula is C16H15ClN2O2S. The summed E-state index contributed by atoms with van der Waals surface area (Å²) < 4.78 is 5.16. The molecule has 2 N–H and O–H groups in total. The monoisotopic (exact) mass is 334 g/mol. The van der Waals surface area contributed by atoms with E-state index < -0.39 is 0 Å². The van der Waals surface area contributed by atoms with E-state index in [0.717, 1.165) is 11.3 Å². The van der Waals surface area contributed by atoms with E-state index in [0.29, 0.717) is 16.3 Å². The Morgan fingerprint density at radius 1 is 1.18 bits per heavy atom. The molecule has 0 unspecified atom stereocenters. The second-order valence-electron chi connectivity index (χ2n) is 4.52. The molecule has 0 aliphatic heterocycles. The molecule has 0 aromatic heterocycles. The number of nitrogens with one attached hydrogen (secondary N) is 2. The highest BCUT2D eigenvalue weighted by Gasteiger charge is 2.13. The van der Waals surface area contributed by atoms with E-state index in [2.05, 4.69) is 10.6 Å². The lowest BCUT2D eigenvalue weighted by molar-refractivity contribution is 0.0975. The van der Waals surface area contributed by atoms with E-state index in [-0.39, 0.29) is 11.0 Å². The third kappa shape index (κ3) is 3.75. The number of benzene rings is 2.